The molecule has 1 aliphatic heterocycles. The maximum Gasteiger partial charge on any atom is 0.407 e. The smallest absolute Gasteiger partial charge is 0.407 e. The molecule has 0 radical (unpaired) electrons. The molecule has 1 fully saturated rings. The third kappa shape index (κ3) is 6.40. The number of methoxy groups -OCH3 is 1. The van der Waals surface area contributed by atoms with E-state index in [9.17, 15) is 14.4 Å². The standard InChI is InChI=1S/C29H38BrN3O7/c1-15-12-22(37-7)20(26(35)32-15)14-31-25(34)19-13-21(30)24-23(16(19)2)38-29(6,39-24)17-8-10-18(11-9-17)33-27(36)40-28(3,4)5/h12-13,17-18H,8-11,14H2,1-7H3,(H,31,34)(H,32,35)(H,33,36)/t17-,18-,29?. The minimum atomic E-state index is -0.913. The second-order valence-electron chi connectivity index (χ2n) is 11.6. The Morgan fingerprint density at radius 2 is 1.77 bits per heavy atom. The summed E-state index contributed by atoms with van der Waals surface area (Å²) in [5, 5.41) is 5.79. The fourth-order valence-corrected chi connectivity index (χ4v) is 5.77. The summed E-state index contributed by atoms with van der Waals surface area (Å²) in [7, 11) is 1.49. The molecule has 1 atom stereocenters. The van der Waals surface area contributed by atoms with Crippen LogP contribution in [-0.4, -0.2) is 41.5 Å². The minimum Gasteiger partial charge on any atom is -0.496 e. The first-order valence-corrected chi connectivity index (χ1v) is 14.3. The predicted octanol–water partition coefficient (Wildman–Crippen LogP) is 5.26. The molecule has 11 heteroatoms. The van der Waals surface area contributed by atoms with Crippen molar-refractivity contribution in [1.29, 1.82) is 0 Å². The van der Waals surface area contributed by atoms with Gasteiger partial charge in [0.1, 0.15) is 11.4 Å². The predicted molar refractivity (Wildman–Crippen MR) is 153 cm³/mol. The number of nitrogens with one attached hydrogen (secondary N) is 3. The van der Waals surface area contributed by atoms with Crippen LogP contribution in [0.15, 0.2) is 21.4 Å². The number of aromatic nitrogens is 1. The van der Waals surface area contributed by atoms with Crippen molar-refractivity contribution in [2.75, 3.05) is 7.11 Å². The van der Waals surface area contributed by atoms with E-state index in [0.717, 1.165) is 25.7 Å². The molecule has 2 amide bonds. The van der Waals surface area contributed by atoms with E-state index in [2.05, 4.69) is 31.5 Å². The van der Waals surface area contributed by atoms with Gasteiger partial charge in [0, 0.05) is 35.7 Å². The van der Waals surface area contributed by atoms with Crippen LogP contribution in [0.2, 0.25) is 0 Å². The largest absolute Gasteiger partial charge is 0.496 e. The molecule has 218 valence electrons. The van der Waals surface area contributed by atoms with E-state index in [0.29, 0.717) is 44.1 Å². The summed E-state index contributed by atoms with van der Waals surface area (Å²) in [6.07, 6.45) is 2.73. The molecular weight excluding hydrogens is 582 g/mol. The summed E-state index contributed by atoms with van der Waals surface area (Å²) in [6, 6.07) is 3.45. The molecule has 1 saturated carbocycles. The molecule has 4 rings (SSSR count). The number of ether oxygens (including phenoxy) is 4. The molecule has 1 aliphatic carbocycles. The summed E-state index contributed by atoms with van der Waals surface area (Å²) in [4.78, 5) is 40.6. The number of aromatic amines is 1. The van der Waals surface area contributed by atoms with Gasteiger partial charge < -0.3 is 34.6 Å². The van der Waals surface area contributed by atoms with Crippen molar-refractivity contribution in [2.45, 2.75) is 91.2 Å². The Morgan fingerprint density at radius 1 is 1.12 bits per heavy atom. The second kappa shape index (κ2) is 11.3. The third-order valence-corrected chi connectivity index (χ3v) is 7.95. The van der Waals surface area contributed by atoms with Gasteiger partial charge in [-0.25, -0.2) is 4.79 Å². The quantitative estimate of drug-likeness (QED) is 0.402. The van der Waals surface area contributed by atoms with E-state index in [4.69, 9.17) is 18.9 Å². The summed E-state index contributed by atoms with van der Waals surface area (Å²) in [5.74, 6) is 0.306. The molecule has 0 bridgehead atoms. The van der Waals surface area contributed by atoms with Gasteiger partial charge in [-0.05, 0) is 88.4 Å². The van der Waals surface area contributed by atoms with E-state index < -0.39 is 17.5 Å². The van der Waals surface area contributed by atoms with Gasteiger partial charge in [0.05, 0.1) is 23.7 Å². The average Bonchev–Trinajstić information content (AvgIpc) is 3.24. The Balaban J connectivity index is 1.43. The van der Waals surface area contributed by atoms with E-state index in [-0.39, 0.29) is 30.0 Å². The van der Waals surface area contributed by atoms with Crippen LogP contribution in [0.1, 0.15) is 80.6 Å². The van der Waals surface area contributed by atoms with Gasteiger partial charge in [-0.3, -0.25) is 9.59 Å². The number of halogens is 1. The summed E-state index contributed by atoms with van der Waals surface area (Å²) < 4.78 is 24.1. The van der Waals surface area contributed by atoms with E-state index in [1.54, 1.807) is 19.1 Å². The lowest BCUT2D eigenvalue weighted by Gasteiger charge is -2.37. The van der Waals surface area contributed by atoms with E-state index in [1.807, 2.05) is 34.6 Å². The molecule has 1 aromatic carbocycles. The molecule has 3 N–H and O–H groups in total. The second-order valence-corrected chi connectivity index (χ2v) is 12.5. The number of carbonyl (C=O) groups excluding carboxylic acids is 2. The zero-order valence-electron chi connectivity index (χ0n) is 24.1. The summed E-state index contributed by atoms with van der Waals surface area (Å²) >= 11 is 3.55. The highest BCUT2D eigenvalue weighted by atomic mass is 79.9. The zero-order chi connectivity index (χ0) is 29.4. The number of hydrogen-bond acceptors (Lipinski definition) is 7. The van der Waals surface area contributed by atoms with Crippen molar-refractivity contribution in [3.63, 3.8) is 0 Å². The van der Waals surface area contributed by atoms with Crippen molar-refractivity contribution in [3.8, 4) is 17.2 Å². The van der Waals surface area contributed by atoms with Gasteiger partial charge in [-0.1, -0.05) is 0 Å². The normalized spacial score (nSPS) is 22.0. The van der Waals surface area contributed by atoms with Gasteiger partial charge in [0.15, 0.2) is 11.5 Å². The molecule has 2 aliphatic rings. The summed E-state index contributed by atoms with van der Waals surface area (Å²) in [6.45, 7) is 11.0. The summed E-state index contributed by atoms with van der Waals surface area (Å²) in [5.41, 5.74) is 1.20. The number of fused-ring (bicyclic) bond motifs is 1. The van der Waals surface area contributed by atoms with Crippen LogP contribution in [0.4, 0.5) is 4.79 Å². The number of carbonyl (C=O) groups is 2. The van der Waals surface area contributed by atoms with Crippen molar-refractivity contribution in [2.24, 2.45) is 5.92 Å². The minimum absolute atomic E-state index is 0.00140. The van der Waals surface area contributed by atoms with Gasteiger partial charge >= 0.3 is 6.09 Å². The number of H-pyrrole nitrogens is 1. The van der Waals surface area contributed by atoms with Crippen LogP contribution in [-0.2, 0) is 11.3 Å². The van der Waals surface area contributed by atoms with Gasteiger partial charge in [-0.15, -0.1) is 0 Å². The van der Waals surface area contributed by atoms with E-state index in [1.165, 1.54) is 7.11 Å². The number of alkyl carbamates (subject to hydrolysis) is 1. The number of amides is 2. The fraction of sp³-hybridized carbons (Fsp3) is 0.552. The van der Waals surface area contributed by atoms with Crippen LogP contribution in [0.25, 0.3) is 0 Å². The lowest BCUT2D eigenvalue weighted by atomic mass is 9.81. The van der Waals surface area contributed by atoms with Gasteiger partial charge in [0.25, 0.3) is 17.3 Å². The molecular formula is C29H38BrN3O7. The van der Waals surface area contributed by atoms with Crippen LogP contribution >= 0.6 is 15.9 Å². The number of pyridine rings is 1. The van der Waals surface area contributed by atoms with Gasteiger partial charge in [-0.2, -0.15) is 0 Å². The van der Waals surface area contributed by atoms with Crippen molar-refractivity contribution >= 4 is 27.9 Å². The molecule has 2 aromatic rings. The first kappa shape index (κ1) is 29.8. The Bertz CT molecular complexity index is 1360. The number of benzene rings is 1. The number of hydrogen-bond donors (Lipinski definition) is 3. The number of rotatable bonds is 6. The van der Waals surface area contributed by atoms with Crippen LogP contribution in [0.3, 0.4) is 0 Å². The molecule has 0 saturated heterocycles. The SMILES string of the molecule is COc1cc(C)[nH]c(=O)c1CNC(=O)c1cc(Br)c2c(c1C)OC(C)([C@H]1CC[C@H](NC(=O)OC(C)(C)C)CC1)O2. The lowest BCUT2D eigenvalue weighted by Crippen LogP contribution is -2.48. The fourth-order valence-electron chi connectivity index (χ4n) is 5.28. The molecule has 40 heavy (non-hydrogen) atoms. The Kier molecular flexibility index (Phi) is 8.44. The number of aryl methyl sites for hydroxylation is 1. The Hall–Kier alpha value is -3.21. The lowest BCUT2D eigenvalue weighted by molar-refractivity contribution is -0.121. The maximum atomic E-state index is 13.2. The molecule has 0 spiro atoms. The van der Waals surface area contributed by atoms with Crippen molar-refractivity contribution in [1.82, 2.24) is 15.6 Å². The van der Waals surface area contributed by atoms with Crippen LogP contribution < -0.4 is 30.4 Å². The Labute approximate surface area is 242 Å². The van der Waals surface area contributed by atoms with E-state index >= 15 is 0 Å². The van der Waals surface area contributed by atoms with Crippen LogP contribution in [0.5, 0.6) is 17.2 Å². The Morgan fingerprint density at radius 3 is 2.40 bits per heavy atom. The molecule has 10 nitrogen and oxygen atoms in total. The molecule has 2 heterocycles. The van der Waals surface area contributed by atoms with Gasteiger partial charge in [0.2, 0.25) is 0 Å². The first-order chi connectivity index (χ1) is 18.7. The van der Waals surface area contributed by atoms with Crippen LogP contribution in [0, 0.1) is 19.8 Å². The maximum absolute atomic E-state index is 13.2. The monoisotopic (exact) mass is 619 g/mol. The highest BCUT2D eigenvalue weighted by molar-refractivity contribution is 9.10. The highest BCUT2D eigenvalue weighted by Gasteiger charge is 2.47. The third-order valence-electron chi connectivity index (χ3n) is 7.36. The molecule has 1 aromatic heterocycles. The average molecular weight is 621 g/mol. The topological polar surface area (TPSA) is 128 Å². The van der Waals surface area contributed by atoms with Crippen molar-refractivity contribution < 1.29 is 28.5 Å². The zero-order valence-corrected chi connectivity index (χ0v) is 25.7. The molecule has 1 unspecified atom stereocenters. The highest BCUT2D eigenvalue weighted by Crippen LogP contribution is 2.51. The first-order valence-electron chi connectivity index (χ1n) is 13.5. The van der Waals surface area contributed by atoms with Crippen molar-refractivity contribution in [3.05, 3.63) is 49.3 Å².